The van der Waals surface area contributed by atoms with Gasteiger partial charge in [-0.2, -0.15) is 4.98 Å². The standard InChI is InChI=1S/C11H19FN4O2/c1-4-13-11-15-6-9(12)10(16-11)14-5-8(18-3)7-17-2/h6,8H,4-5,7H2,1-3H3,(H2,13,14,15,16). The molecule has 1 heterocycles. The van der Waals surface area contributed by atoms with Gasteiger partial charge in [-0.1, -0.05) is 0 Å². The zero-order valence-electron chi connectivity index (χ0n) is 10.9. The van der Waals surface area contributed by atoms with E-state index in [-0.39, 0.29) is 11.9 Å². The van der Waals surface area contributed by atoms with Gasteiger partial charge >= 0.3 is 0 Å². The van der Waals surface area contributed by atoms with E-state index < -0.39 is 5.82 Å². The molecule has 0 saturated carbocycles. The molecule has 18 heavy (non-hydrogen) atoms. The summed E-state index contributed by atoms with van der Waals surface area (Å²) in [5.74, 6) is 0.0464. The van der Waals surface area contributed by atoms with Gasteiger partial charge in [-0.15, -0.1) is 0 Å². The quantitative estimate of drug-likeness (QED) is 0.728. The van der Waals surface area contributed by atoms with Crippen LogP contribution in [-0.2, 0) is 9.47 Å². The third kappa shape index (κ3) is 4.42. The van der Waals surface area contributed by atoms with Crippen LogP contribution in [0.5, 0.6) is 0 Å². The number of nitrogens with zero attached hydrogens (tertiary/aromatic N) is 2. The Bertz CT molecular complexity index is 365. The van der Waals surface area contributed by atoms with E-state index in [9.17, 15) is 4.39 Å². The molecule has 0 aliphatic carbocycles. The summed E-state index contributed by atoms with van der Waals surface area (Å²) >= 11 is 0. The van der Waals surface area contributed by atoms with Gasteiger partial charge in [0.2, 0.25) is 5.95 Å². The van der Waals surface area contributed by atoms with Crippen molar-refractivity contribution < 1.29 is 13.9 Å². The summed E-state index contributed by atoms with van der Waals surface area (Å²) < 4.78 is 23.6. The zero-order chi connectivity index (χ0) is 13.4. The van der Waals surface area contributed by atoms with Crippen LogP contribution >= 0.6 is 0 Å². The van der Waals surface area contributed by atoms with Crippen molar-refractivity contribution >= 4 is 11.8 Å². The molecule has 102 valence electrons. The summed E-state index contributed by atoms with van der Waals surface area (Å²) in [6, 6.07) is 0. The number of hydrogen-bond acceptors (Lipinski definition) is 6. The van der Waals surface area contributed by atoms with Crippen molar-refractivity contribution in [2.75, 3.05) is 44.5 Å². The van der Waals surface area contributed by atoms with Crippen LogP contribution in [0.4, 0.5) is 16.2 Å². The Hall–Kier alpha value is -1.47. The summed E-state index contributed by atoms with van der Waals surface area (Å²) in [6.07, 6.45) is 0.970. The fourth-order valence-electron chi connectivity index (χ4n) is 1.34. The first-order valence-electron chi connectivity index (χ1n) is 5.73. The number of methoxy groups -OCH3 is 2. The Morgan fingerprint density at radius 1 is 1.39 bits per heavy atom. The van der Waals surface area contributed by atoms with Crippen molar-refractivity contribution in [2.45, 2.75) is 13.0 Å². The lowest BCUT2D eigenvalue weighted by Crippen LogP contribution is -2.27. The molecule has 0 bridgehead atoms. The van der Waals surface area contributed by atoms with E-state index in [0.29, 0.717) is 25.6 Å². The molecule has 7 heteroatoms. The molecular weight excluding hydrogens is 239 g/mol. The number of nitrogens with one attached hydrogen (secondary N) is 2. The topological polar surface area (TPSA) is 68.3 Å². The maximum Gasteiger partial charge on any atom is 0.224 e. The maximum atomic E-state index is 13.5. The van der Waals surface area contributed by atoms with Gasteiger partial charge < -0.3 is 20.1 Å². The van der Waals surface area contributed by atoms with E-state index in [0.717, 1.165) is 6.20 Å². The Morgan fingerprint density at radius 3 is 2.78 bits per heavy atom. The average molecular weight is 258 g/mol. The lowest BCUT2D eigenvalue weighted by molar-refractivity contribution is 0.0365. The fraction of sp³-hybridized carbons (Fsp3) is 0.636. The van der Waals surface area contributed by atoms with E-state index in [4.69, 9.17) is 9.47 Å². The van der Waals surface area contributed by atoms with Crippen LogP contribution in [-0.4, -0.2) is 50.0 Å². The zero-order valence-corrected chi connectivity index (χ0v) is 10.9. The molecule has 2 N–H and O–H groups in total. The number of ether oxygens (including phenoxy) is 2. The SMILES string of the molecule is CCNc1ncc(F)c(NCC(COC)OC)n1. The smallest absolute Gasteiger partial charge is 0.224 e. The van der Waals surface area contributed by atoms with Gasteiger partial charge in [0.25, 0.3) is 0 Å². The van der Waals surface area contributed by atoms with Crippen molar-refractivity contribution in [3.63, 3.8) is 0 Å². The van der Waals surface area contributed by atoms with Crippen molar-refractivity contribution in [2.24, 2.45) is 0 Å². The van der Waals surface area contributed by atoms with Gasteiger partial charge in [0, 0.05) is 27.3 Å². The second-order valence-electron chi connectivity index (χ2n) is 3.61. The molecular formula is C11H19FN4O2. The molecule has 1 atom stereocenters. The molecule has 0 spiro atoms. The van der Waals surface area contributed by atoms with Crippen LogP contribution < -0.4 is 10.6 Å². The molecule has 0 saturated heterocycles. The number of anilines is 2. The molecule has 0 fully saturated rings. The third-order valence-corrected chi connectivity index (χ3v) is 2.26. The summed E-state index contributed by atoms with van der Waals surface area (Å²) in [4.78, 5) is 7.84. The van der Waals surface area contributed by atoms with E-state index in [1.807, 2.05) is 6.92 Å². The summed E-state index contributed by atoms with van der Waals surface area (Å²) in [6.45, 7) is 3.43. The van der Waals surface area contributed by atoms with Gasteiger partial charge in [0.1, 0.15) is 0 Å². The monoisotopic (exact) mass is 258 g/mol. The van der Waals surface area contributed by atoms with Gasteiger partial charge in [-0.25, -0.2) is 9.37 Å². The van der Waals surface area contributed by atoms with Crippen LogP contribution in [0.1, 0.15) is 6.92 Å². The van der Waals surface area contributed by atoms with Gasteiger partial charge in [0.05, 0.1) is 18.9 Å². The second-order valence-corrected chi connectivity index (χ2v) is 3.61. The lowest BCUT2D eigenvalue weighted by Gasteiger charge is -2.15. The predicted molar refractivity (Wildman–Crippen MR) is 67.3 cm³/mol. The Morgan fingerprint density at radius 2 is 2.17 bits per heavy atom. The van der Waals surface area contributed by atoms with Crippen LogP contribution in [0, 0.1) is 5.82 Å². The molecule has 6 nitrogen and oxygen atoms in total. The first-order chi connectivity index (χ1) is 8.71. The predicted octanol–water partition coefficient (Wildman–Crippen LogP) is 1.12. The molecule has 0 radical (unpaired) electrons. The molecule has 0 aromatic carbocycles. The average Bonchev–Trinajstić information content (AvgIpc) is 2.38. The van der Waals surface area contributed by atoms with E-state index in [1.54, 1.807) is 14.2 Å². The van der Waals surface area contributed by atoms with E-state index in [2.05, 4.69) is 20.6 Å². The molecule has 1 unspecified atom stereocenters. The molecule has 0 aliphatic rings. The number of rotatable bonds is 8. The molecule has 1 rings (SSSR count). The minimum absolute atomic E-state index is 0.152. The number of aromatic nitrogens is 2. The highest BCUT2D eigenvalue weighted by molar-refractivity contribution is 5.41. The highest BCUT2D eigenvalue weighted by atomic mass is 19.1. The van der Waals surface area contributed by atoms with Crippen molar-refractivity contribution in [3.05, 3.63) is 12.0 Å². The number of hydrogen-bond donors (Lipinski definition) is 2. The van der Waals surface area contributed by atoms with Crippen LogP contribution in [0.3, 0.4) is 0 Å². The maximum absolute atomic E-state index is 13.5. The van der Waals surface area contributed by atoms with Crippen LogP contribution in [0.25, 0.3) is 0 Å². The molecule has 0 amide bonds. The molecule has 1 aromatic heterocycles. The summed E-state index contributed by atoms with van der Waals surface area (Å²) in [7, 11) is 3.16. The molecule has 0 aliphatic heterocycles. The first kappa shape index (κ1) is 14.6. The third-order valence-electron chi connectivity index (χ3n) is 2.26. The Kier molecular flexibility index (Phi) is 6.31. The van der Waals surface area contributed by atoms with Gasteiger partial charge in [0.15, 0.2) is 11.6 Å². The lowest BCUT2D eigenvalue weighted by atomic mass is 10.3. The van der Waals surface area contributed by atoms with Crippen LogP contribution in [0.2, 0.25) is 0 Å². The number of halogens is 1. The normalized spacial score (nSPS) is 12.2. The summed E-state index contributed by atoms with van der Waals surface area (Å²) in [5.41, 5.74) is 0. The first-order valence-corrected chi connectivity index (χ1v) is 5.73. The fourth-order valence-corrected chi connectivity index (χ4v) is 1.34. The largest absolute Gasteiger partial charge is 0.382 e. The minimum atomic E-state index is -0.496. The minimum Gasteiger partial charge on any atom is -0.382 e. The second kappa shape index (κ2) is 7.78. The van der Waals surface area contributed by atoms with E-state index >= 15 is 0 Å². The Labute approximate surface area is 106 Å². The van der Waals surface area contributed by atoms with E-state index in [1.165, 1.54) is 0 Å². The molecule has 1 aromatic rings. The van der Waals surface area contributed by atoms with Crippen molar-refractivity contribution in [1.29, 1.82) is 0 Å². The van der Waals surface area contributed by atoms with Crippen molar-refractivity contribution in [3.8, 4) is 0 Å². The highest BCUT2D eigenvalue weighted by Crippen LogP contribution is 2.11. The van der Waals surface area contributed by atoms with Crippen LogP contribution in [0.15, 0.2) is 6.20 Å². The van der Waals surface area contributed by atoms with Gasteiger partial charge in [-0.3, -0.25) is 0 Å². The van der Waals surface area contributed by atoms with Crippen molar-refractivity contribution in [1.82, 2.24) is 9.97 Å². The van der Waals surface area contributed by atoms with Gasteiger partial charge in [-0.05, 0) is 6.92 Å². The Balaban J connectivity index is 2.62. The highest BCUT2D eigenvalue weighted by Gasteiger charge is 2.10. The summed E-state index contributed by atoms with van der Waals surface area (Å²) in [5, 5.41) is 5.79.